The zero-order valence-corrected chi connectivity index (χ0v) is 14.8. The van der Waals surface area contributed by atoms with Crippen LogP contribution in [-0.2, 0) is 0 Å². The van der Waals surface area contributed by atoms with E-state index in [9.17, 15) is 14.9 Å². The van der Waals surface area contributed by atoms with Crippen LogP contribution in [0, 0.1) is 24.0 Å². The van der Waals surface area contributed by atoms with Crippen LogP contribution in [0.15, 0.2) is 54.6 Å². The van der Waals surface area contributed by atoms with Crippen LogP contribution in [0.5, 0.6) is 0 Å². The van der Waals surface area contributed by atoms with Gasteiger partial charge in [-0.15, -0.1) is 0 Å². The maximum absolute atomic E-state index is 12.4. The summed E-state index contributed by atoms with van der Waals surface area (Å²) in [5.74, 6) is 0.0353. The van der Waals surface area contributed by atoms with Crippen molar-refractivity contribution in [2.75, 3.05) is 10.6 Å². The van der Waals surface area contributed by atoms with Gasteiger partial charge in [-0.25, -0.2) is 9.97 Å². The van der Waals surface area contributed by atoms with Crippen molar-refractivity contribution in [3.63, 3.8) is 0 Å². The number of carbonyl (C=O) groups excluding carboxylic acids is 1. The molecule has 0 saturated carbocycles. The molecule has 0 saturated heterocycles. The number of aromatic nitrogens is 2. The SMILES string of the molecule is Cc1cc(C)nc(Nc2cccc(NC(=O)c3cccc([N+](=O)[O-])c3)c2)n1. The van der Waals surface area contributed by atoms with Crippen LogP contribution in [0.4, 0.5) is 23.0 Å². The molecule has 0 aliphatic carbocycles. The molecule has 2 N–H and O–H groups in total. The fourth-order valence-electron chi connectivity index (χ4n) is 2.55. The van der Waals surface area contributed by atoms with E-state index in [2.05, 4.69) is 20.6 Å². The smallest absolute Gasteiger partial charge is 0.270 e. The van der Waals surface area contributed by atoms with Gasteiger partial charge in [-0.05, 0) is 44.2 Å². The normalized spacial score (nSPS) is 10.3. The molecule has 1 amide bonds. The van der Waals surface area contributed by atoms with Crippen molar-refractivity contribution >= 4 is 28.9 Å². The van der Waals surface area contributed by atoms with Gasteiger partial charge in [-0.2, -0.15) is 0 Å². The molecule has 8 nitrogen and oxygen atoms in total. The first-order valence-electron chi connectivity index (χ1n) is 8.16. The molecule has 0 fully saturated rings. The number of nitro benzene ring substituents is 1. The van der Waals surface area contributed by atoms with Crippen molar-refractivity contribution in [3.05, 3.63) is 81.7 Å². The average molecular weight is 363 g/mol. The Balaban J connectivity index is 1.76. The quantitative estimate of drug-likeness (QED) is 0.524. The molecule has 0 bridgehead atoms. The van der Waals surface area contributed by atoms with Crippen LogP contribution in [0.25, 0.3) is 0 Å². The highest BCUT2D eigenvalue weighted by Crippen LogP contribution is 2.20. The first kappa shape index (κ1) is 18.0. The van der Waals surface area contributed by atoms with Gasteiger partial charge in [0.1, 0.15) is 0 Å². The van der Waals surface area contributed by atoms with Crippen LogP contribution in [0.2, 0.25) is 0 Å². The highest BCUT2D eigenvalue weighted by Gasteiger charge is 2.12. The lowest BCUT2D eigenvalue weighted by atomic mass is 10.2. The largest absolute Gasteiger partial charge is 0.324 e. The third-order valence-electron chi connectivity index (χ3n) is 3.68. The third kappa shape index (κ3) is 4.63. The molecule has 2 aromatic carbocycles. The second kappa shape index (κ2) is 7.61. The number of hydrogen-bond acceptors (Lipinski definition) is 6. The van der Waals surface area contributed by atoms with Gasteiger partial charge in [0.15, 0.2) is 0 Å². The van der Waals surface area contributed by atoms with E-state index < -0.39 is 10.8 Å². The molecule has 8 heteroatoms. The van der Waals surface area contributed by atoms with Gasteiger partial charge in [0, 0.05) is 40.5 Å². The fraction of sp³-hybridized carbons (Fsp3) is 0.105. The number of benzene rings is 2. The minimum absolute atomic E-state index is 0.134. The van der Waals surface area contributed by atoms with E-state index in [-0.39, 0.29) is 11.3 Å². The van der Waals surface area contributed by atoms with Gasteiger partial charge >= 0.3 is 0 Å². The summed E-state index contributed by atoms with van der Waals surface area (Å²) in [6.45, 7) is 3.77. The van der Waals surface area contributed by atoms with E-state index in [4.69, 9.17) is 0 Å². The monoisotopic (exact) mass is 363 g/mol. The average Bonchev–Trinajstić information content (AvgIpc) is 2.61. The standard InChI is InChI=1S/C19H17N5O3/c1-12-9-13(2)21-19(20-12)23-16-7-4-6-15(11-16)22-18(25)14-5-3-8-17(10-14)24(26)27/h3-11H,1-2H3,(H,22,25)(H,20,21,23). The summed E-state index contributed by atoms with van der Waals surface area (Å²) < 4.78 is 0. The summed E-state index contributed by atoms with van der Waals surface area (Å²) in [4.78, 5) is 31.3. The van der Waals surface area contributed by atoms with Crippen molar-refractivity contribution in [2.45, 2.75) is 13.8 Å². The van der Waals surface area contributed by atoms with Crippen LogP contribution < -0.4 is 10.6 Å². The molecule has 27 heavy (non-hydrogen) atoms. The lowest BCUT2D eigenvalue weighted by Gasteiger charge is -2.09. The van der Waals surface area contributed by atoms with E-state index in [1.54, 1.807) is 18.2 Å². The van der Waals surface area contributed by atoms with Gasteiger partial charge in [0.2, 0.25) is 5.95 Å². The van der Waals surface area contributed by atoms with E-state index >= 15 is 0 Å². The van der Waals surface area contributed by atoms with E-state index in [0.29, 0.717) is 17.3 Å². The highest BCUT2D eigenvalue weighted by molar-refractivity contribution is 6.04. The number of amides is 1. The summed E-state index contributed by atoms with van der Waals surface area (Å²) in [5.41, 5.74) is 3.02. The van der Waals surface area contributed by atoms with Gasteiger partial charge in [0.25, 0.3) is 11.6 Å². The number of aryl methyl sites for hydroxylation is 2. The summed E-state index contributed by atoms with van der Waals surface area (Å²) in [6.07, 6.45) is 0. The van der Waals surface area contributed by atoms with Crippen molar-refractivity contribution in [3.8, 4) is 0 Å². The zero-order valence-electron chi connectivity index (χ0n) is 14.8. The number of nitro groups is 1. The lowest BCUT2D eigenvalue weighted by molar-refractivity contribution is -0.384. The maximum atomic E-state index is 12.4. The molecule has 3 rings (SSSR count). The Labute approximate surface area is 155 Å². The van der Waals surface area contributed by atoms with E-state index in [1.165, 1.54) is 24.3 Å². The summed E-state index contributed by atoms with van der Waals surface area (Å²) >= 11 is 0. The zero-order chi connectivity index (χ0) is 19.4. The number of nitrogens with one attached hydrogen (secondary N) is 2. The van der Waals surface area contributed by atoms with Gasteiger partial charge in [-0.3, -0.25) is 14.9 Å². The third-order valence-corrected chi connectivity index (χ3v) is 3.68. The summed E-state index contributed by atoms with van der Waals surface area (Å²) in [6, 6.07) is 14.5. The first-order valence-corrected chi connectivity index (χ1v) is 8.16. The summed E-state index contributed by atoms with van der Waals surface area (Å²) in [5, 5.41) is 16.7. The van der Waals surface area contributed by atoms with Gasteiger partial charge in [-0.1, -0.05) is 12.1 Å². The van der Waals surface area contributed by atoms with E-state index in [0.717, 1.165) is 11.4 Å². The maximum Gasteiger partial charge on any atom is 0.270 e. The molecule has 0 radical (unpaired) electrons. The number of rotatable bonds is 5. The minimum Gasteiger partial charge on any atom is -0.324 e. The molecule has 0 atom stereocenters. The molecular weight excluding hydrogens is 346 g/mol. The topological polar surface area (TPSA) is 110 Å². The van der Waals surface area contributed by atoms with Gasteiger partial charge in [0.05, 0.1) is 4.92 Å². The van der Waals surface area contributed by atoms with E-state index in [1.807, 2.05) is 26.0 Å². The van der Waals surface area contributed by atoms with Crippen LogP contribution in [0.1, 0.15) is 21.7 Å². The Morgan fingerprint density at radius 3 is 2.33 bits per heavy atom. The summed E-state index contributed by atoms with van der Waals surface area (Å²) in [7, 11) is 0. The van der Waals surface area contributed by atoms with Crippen molar-refractivity contribution in [1.29, 1.82) is 0 Å². The Hall–Kier alpha value is -3.81. The molecule has 0 aliphatic heterocycles. The minimum atomic E-state index is -0.537. The second-order valence-electron chi connectivity index (χ2n) is 5.94. The molecule has 1 heterocycles. The van der Waals surface area contributed by atoms with Crippen molar-refractivity contribution in [2.24, 2.45) is 0 Å². The number of hydrogen-bond donors (Lipinski definition) is 2. The number of anilines is 3. The molecule has 136 valence electrons. The fourth-order valence-corrected chi connectivity index (χ4v) is 2.55. The molecule has 0 spiro atoms. The molecule has 1 aromatic heterocycles. The van der Waals surface area contributed by atoms with Crippen LogP contribution in [-0.4, -0.2) is 20.8 Å². The Bertz CT molecular complexity index is 999. The molecule has 0 aliphatic rings. The predicted octanol–water partition coefficient (Wildman–Crippen LogP) is 4.00. The molecular formula is C19H17N5O3. The molecule has 3 aromatic rings. The first-order chi connectivity index (χ1) is 12.9. The number of nitrogens with zero attached hydrogens (tertiary/aromatic N) is 3. The Kier molecular flexibility index (Phi) is 5.07. The lowest BCUT2D eigenvalue weighted by Crippen LogP contribution is -2.12. The van der Waals surface area contributed by atoms with Crippen molar-refractivity contribution in [1.82, 2.24) is 9.97 Å². The number of carbonyl (C=O) groups is 1. The molecule has 0 unspecified atom stereocenters. The van der Waals surface area contributed by atoms with Crippen molar-refractivity contribution < 1.29 is 9.72 Å². The number of non-ortho nitro benzene ring substituents is 1. The van der Waals surface area contributed by atoms with Gasteiger partial charge < -0.3 is 10.6 Å². The second-order valence-corrected chi connectivity index (χ2v) is 5.94. The van der Waals surface area contributed by atoms with Crippen LogP contribution in [0.3, 0.4) is 0 Å². The predicted molar refractivity (Wildman–Crippen MR) is 102 cm³/mol. The Morgan fingerprint density at radius 2 is 1.63 bits per heavy atom. The highest BCUT2D eigenvalue weighted by atomic mass is 16.6. The Morgan fingerprint density at radius 1 is 0.963 bits per heavy atom. The van der Waals surface area contributed by atoms with Crippen LogP contribution >= 0.6 is 0 Å².